The Morgan fingerprint density at radius 1 is 1.37 bits per heavy atom. The van der Waals surface area contributed by atoms with Gasteiger partial charge in [0.2, 0.25) is 15.3 Å². The van der Waals surface area contributed by atoms with Crippen molar-refractivity contribution in [3.63, 3.8) is 0 Å². The van der Waals surface area contributed by atoms with Crippen LogP contribution in [0.15, 0.2) is 29.2 Å². The Bertz CT molecular complexity index is 579. The molecule has 1 aromatic carbocycles. The van der Waals surface area contributed by atoms with Crippen LogP contribution in [0.5, 0.6) is 0 Å². The van der Waals surface area contributed by atoms with Crippen LogP contribution < -0.4 is 0 Å². The van der Waals surface area contributed by atoms with Gasteiger partial charge in [0.1, 0.15) is 0 Å². The summed E-state index contributed by atoms with van der Waals surface area (Å²) in [5.74, 6) is 0. The largest absolute Gasteiger partial charge is 0.537 e. The molecule has 0 spiro atoms. The molecule has 0 amide bonds. The minimum absolute atomic E-state index is 0.250. The van der Waals surface area contributed by atoms with Crippen molar-refractivity contribution >= 4 is 21.7 Å². The molecular formula is C9H9NO8S. The van der Waals surface area contributed by atoms with Crippen LogP contribution in [-0.2, 0) is 19.6 Å². The van der Waals surface area contributed by atoms with Crippen LogP contribution in [0.1, 0.15) is 6.92 Å². The molecule has 1 aromatic rings. The van der Waals surface area contributed by atoms with Crippen LogP contribution in [0.3, 0.4) is 0 Å². The lowest BCUT2D eigenvalue weighted by atomic mass is 10.3. The summed E-state index contributed by atoms with van der Waals surface area (Å²) in [6.07, 6.45) is -1.79. The lowest BCUT2D eigenvalue weighted by molar-refractivity contribution is -0.384. The molecule has 9 nitrogen and oxygen atoms in total. The summed E-state index contributed by atoms with van der Waals surface area (Å²) < 4.78 is 23.7. The molecule has 1 N–H and O–H groups in total. The molecule has 10 heteroatoms. The second-order valence-electron chi connectivity index (χ2n) is 3.31. The van der Waals surface area contributed by atoms with E-state index in [0.717, 1.165) is 31.2 Å². The highest BCUT2D eigenvalue weighted by Gasteiger charge is 2.27. The number of non-ortho nitro benzene ring substituents is 1. The first-order valence-corrected chi connectivity index (χ1v) is 6.34. The fraction of sp³-hybridized carbons (Fsp3) is 0.222. The lowest BCUT2D eigenvalue weighted by Crippen LogP contribution is -2.22. The van der Waals surface area contributed by atoms with E-state index in [-0.39, 0.29) is 10.6 Å². The van der Waals surface area contributed by atoms with E-state index in [2.05, 4.69) is 9.78 Å². The molecule has 0 bridgehead atoms. The minimum atomic E-state index is -4.01. The maximum Gasteiger partial charge on any atom is 0.537 e. The Hall–Kier alpha value is -2.20. The highest BCUT2D eigenvalue weighted by atomic mass is 32.2. The minimum Gasteiger partial charge on any atom is -0.448 e. The predicted molar refractivity (Wildman–Crippen MR) is 59.9 cm³/mol. The molecule has 0 aliphatic carbocycles. The van der Waals surface area contributed by atoms with Crippen LogP contribution in [0, 0.1) is 10.1 Å². The third kappa shape index (κ3) is 3.63. The molecule has 0 saturated carbocycles. The Labute approximate surface area is 107 Å². The average Bonchev–Trinajstić information content (AvgIpc) is 2.35. The SMILES string of the molecule is CC(OOC(=O)O)S(=O)(=O)c1ccc([N+](=O)[O-])cc1. The summed E-state index contributed by atoms with van der Waals surface area (Å²) in [6.45, 7) is 1.07. The molecule has 1 rings (SSSR count). The van der Waals surface area contributed by atoms with Crippen molar-refractivity contribution in [1.82, 2.24) is 0 Å². The molecule has 104 valence electrons. The predicted octanol–water partition coefficient (Wildman–Crippen LogP) is 1.34. The van der Waals surface area contributed by atoms with Crippen LogP contribution >= 0.6 is 0 Å². The van der Waals surface area contributed by atoms with E-state index in [1.165, 1.54) is 0 Å². The standard InChI is InChI=1S/C9H9NO8S/c1-6(17-18-9(11)12)19(15,16)8-4-2-7(3-5-8)10(13)14/h2-6H,1H3,(H,11,12). The van der Waals surface area contributed by atoms with Gasteiger partial charge in [-0.05, 0) is 19.1 Å². The number of carbonyl (C=O) groups is 1. The van der Waals surface area contributed by atoms with E-state index in [4.69, 9.17) is 5.11 Å². The van der Waals surface area contributed by atoms with E-state index in [9.17, 15) is 23.3 Å². The Kier molecular flexibility index (Phi) is 4.40. The topological polar surface area (TPSA) is 133 Å². The van der Waals surface area contributed by atoms with Gasteiger partial charge in [0.25, 0.3) is 5.69 Å². The number of nitrogens with zero attached hydrogens (tertiary/aromatic N) is 1. The highest BCUT2D eigenvalue weighted by Crippen LogP contribution is 2.20. The summed E-state index contributed by atoms with van der Waals surface area (Å²) in [4.78, 5) is 27.4. The zero-order valence-corrected chi connectivity index (χ0v) is 10.4. The quantitative estimate of drug-likeness (QED) is 0.488. The monoisotopic (exact) mass is 291 g/mol. The fourth-order valence-electron chi connectivity index (χ4n) is 1.11. The Balaban J connectivity index is 2.93. The van der Waals surface area contributed by atoms with Crippen molar-refractivity contribution < 1.29 is 33.0 Å². The summed E-state index contributed by atoms with van der Waals surface area (Å²) in [5.41, 5.74) is -1.85. The Morgan fingerprint density at radius 3 is 2.32 bits per heavy atom. The summed E-state index contributed by atoms with van der Waals surface area (Å²) in [5, 5.41) is 18.6. The number of hydrogen-bond donors (Lipinski definition) is 1. The summed E-state index contributed by atoms with van der Waals surface area (Å²) in [7, 11) is -4.01. The van der Waals surface area contributed by atoms with Crippen LogP contribution in [0.4, 0.5) is 10.5 Å². The molecule has 0 aliphatic rings. The second-order valence-corrected chi connectivity index (χ2v) is 5.53. The Morgan fingerprint density at radius 2 is 1.89 bits per heavy atom. The first kappa shape index (κ1) is 14.9. The molecule has 0 radical (unpaired) electrons. The molecule has 0 saturated heterocycles. The maximum absolute atomic E-state index is 11.9. The number of nitro benzene ring substituents is 1. The fourth-order valence-corrected chi connectivity index (χ4v) is 2.15. The number of benzene rings is 1. The molecule has 1 atom stereocenters. The van der Waals surface area contributed by atoms with Gasteiger partial charge < -0.3 is 5.11 Å². The van der Waals surface area contributed by atoms with Crippen LogP contribution in [0.25, 0.3) is 0 Å². The normalized spacial score (nSPS) is 12.7. The molecule has 19 heavy (non-hydrogen) atoms. The van der Waals surface area contributed by atoms with E-state index in [1.54, 1.807) is 0 Å². The summed E-state index contributed by atoms with van der Waals surface area (Å²) in [6, 6.07) is 4.07. The molecular weight excluding hydrogens is 282 g/mol. The third-order valence-corrected chi connectivity index (χ3v) is 3.95. The van der Waals surface area contributed by atoms with E-state index in [0.29, 0.717) is 0 Å². The first-order chi connectivity index (χ1) is 8.75. The number of sulfone groups is 1. The van der Waals surface area contributed by atoms with E-state index >= 15 is 0 Å². The molecule has 0 fully saturated rings. The van der Waals surface area contributed by atoms with Gasteiger partial charge in [0.15, 0.2) is 0 Å². The molecule has 0 heterocycles. The number of nitro groups is 1. The van der Waals surface area contributed by atoms with E-state index in [1.807, 2.05) is 0 Å². The van der Waals surface area contributed by atoms with Gasteiger partial charge in [0, 0.05) is 12.1 Å². The van der Waals surface area contributed by atoms with Crippen molar-refractivity contribution in [2.75, 3.05) is 0 Å². The first-order valence-electron chi connectivity index (χ1n) is 4.79. The smallest absolute Gasteiger partial charge is 0.448 e. The molecule has 0 aliphatic heterocycles. The number of carboxylic acid groups (broad SMARTS) is 1. The van der Waals surface area contributed by atoms with Gasteiger partial charge in [-0.1, -0.05) is 0 Å². The van der Waals surface area contributed by atoms with Crippen molar-refractivity contribution in [3.8, 4) is 0 Å². The number of rotatable bonds is 5. The van der Waals surface area contributed by atoms with Crippen molar-refractivity contribution in [2.24, 2.45) is 0 Å². The van der Waals surface area contributed by atoms with Crippen LogP contribution in [-0.4, -0.2) is 30.0 Å². The highest BCUT2D eigenvalue weighted by molar-refractivity contribution is 7.91. The van der Waals surface area contributed by atoms with Crippen molar-refractivity contribution in [3.05, 3.63) is 34.4 Å². The third-order valence-electron chi connectivity index (χ3n) is 2.07. The second kappa shape index (κ2) is 5.63. The maximum atomic E-state index is 11.9. The van der Waals surface area contributed by atoms with Gasteiger partial charge in [-0.15, -0.1) is 0 Å². The average molecular weight is 291 g/mol. The van der Waals surface area contributed by atoms with Gasteiger partial charge >= 0.3 is 6.16 Å². The zero-order chi connectivity index (χ0) is 14.6. The van der Waals surface area contributed by atoms with Crippen molar-refractivity contribution in [2.45, 2.75) is 17.3 Å². The zero-order valence-electron chi connectivity index (χ0n) is 9.55. The lowest BCUT2D eigenvalue weighted by Gasteiger charge is -2.10. The molecule has 0 aromatic heterocycles. The molecule has 1 unspecified atom stereocenters. The van der Waals surface area contributed by atoms with Gasteiger partial charge in [0.05, 0.1) is 9.82 Å². The number of hydrogen-bond acceptors (Lipinski definition) is 7. The van der Waals surface area contributed by atoms with Crippen molar-refractivity contribution in [1.29, 1.82) is 0 Å². The summed E-state index contributed by atoms with van der Waals surface area (Å²) >= 11 is 0. The van der Waals surface area contributed by atoms with Gasteiger partial charge in [-0.2, -0.15) is 4.89 Å². The van der Waals surface area contributed by atoms with Gasteiger partial charge in [-0.25, -0.2) is 13.2 Å². The van der Waals surface area contributed by atoms with Crippen LogP contribution in [0.2, 0.25) is 0 Å². The van der Waals surface area contributed by atoms with E-state index < -0.39 is 26.4 Å². The van der Waals surface area contributed by atoms with Gasteiger partial charge in [-0.3, -0.25) is 15.0 Å².